The Hall–Kier alpha value is -2.93. The van der Waals surface area contributed by atoms with Gasteiger partial charge < -0.3 is 4.74 Å². The fraction of sp³-hybridized carbons (Fsp3) is 0.167. The number of thiazole rings is 1. The zero-order valence-electron chi connectivity index (χ0n) is 13.6. The Morgan fingerprint density at radius 3 is 2.76 bits per heavy atom. The second kappa shape index (κ2) is 7.76. The fourth-order valence-electron chi connectivity index (χ4n) is 2.34. The molecule has 0 aliphatic heterocycles. The molecule has 2 aromatic carbocycles. The normalized spacial score (nSPS) is 11.1. The maximum absolute atomic E-state index is 12.0. The summed E-state index contributed by atoms with van der Waals surface area (Å²) >= 11 is 1.12. The molecule has 0 atom stereocenters. The molecule has 0 fully saturated rings. The molecule has 7 heteroatoms. The number of carbonyl (C=O) groups excluding carboxylic acids is 1. The number of ether oxygens (including phenoxy) is 1. The summed E-state index contributed by atoms with van der Waals surface area (Å²) in [5.41, 5.74) is 4.03. The molecule has 0 unspecified atom stereocenters. The smallest absolute Gasteiger partial charge is 0.308 e. The second-order valence-electron chi connectivity index (χ2n) is 5.22. The van der Waals surface area contributed by atoms with Crippen LogP contribution in [0.4, 0.5) is 0 Å². The van der Waals surface area contributed by atoms with Crippen molar-refractivity contribution in [2.75, 3.05) is 6.61 Å². The van der Waals surface area contributed by atoms with Crippen molar-refractivity contribution in [3.8, 4) is 5.75 Å². The summed E-state index contributed by atoms with van der Waals surface area (Å²) in [6, 6.07) is 14.8. The van der Waals surface area contributed by atoms with Crippen LogP contribution < -0.4 is 15.0 Å². The van der Waals surface area contributed by atoms with Crippen LogP contribution >= 0.6 is 11.3 Å². The molecule has 128 valence electrons. The van der Waals surface area contributed by atoms with Crippen LogP contribution in [0.2, 0.25) is 0 Å². The van der Waals surface area contributed by atoms with E-state index in [-0.39, 0.29) is 17.3 Å². The van der Waals surface area contributed by atoms with Crippen molar-refractivity contribution in [2.45, 2.75) is 13.5 Å². The fourth-order valence-corrected chi connectivity index (χ4v) is 3.23. The van der Waals surface area contributed by atoms with Gasteiger partial charge in [-0.25, -0.2) is 5.43 Å². The molecule has 0 aliphatic carbocycles. The molecule has 25 heavy (non-hydrogen) atoms. The van der Waals surface area contributed by atoms with E-state index in [9.17, 15) is 9.59 Å². The Morgan fingerprint density at radius 2 is 2.00 bits per heavy atom. The van der Waals surface area contributed by atoms with Gasteiger partial charge in [0, 0.05) is 0 Å². The van der Waals surface area contributed by atoms with E-state index in [4.69, 9.17) is 4.74 Å². The van der Waals surface area contributed by atoms with Crippen LogP contribution in [-0.4, -0.2) is 23.3 Å². The molecule has 0 radical (unpaired) electrons. The van der Waals surface area contributed by atoms with Gasteiger partial charge in [-0.05, 0) is 48.9 Å². The molecule has 1 amide bonds. The highest BCUT2D eigenvalue weighted by Crippen LogP contribution is 2.16. The first-order chi connectivity index (χ1) is 12.2. The highest BCUT2D eigenvalue weighted by molar-refractivity contribution is 7.16. The molecule has 0 aliphatic rings. The lowest BCUT2D eigenvalue weighted by atomic mass is 10.2. The first kappa shape index (κ1) is 16.9. The van der Waals surface area contributed by atoms with Gasteiger partial charge in [-0.1, -0.05) is 23.5 Å². The Morgan fingerprint density at radius 1 is 1.24 bits per heavy atom. The number of hydrazone groups is 1. The minimum atomic E-state index is -0.354. The van der Waals surface area contributed by atoms with Crippen LogP contribution in [0, 0.1) is 0 Å². The van der Waals surface area contributed by atoms with E-state index < -0.39 is 0 Å². The van der Waals surface area contributed by atoms with Gasteiger partial charge in [0.15, 0.2) is 0 Å². The molecule has 1 heterocycles. The van der Waals surface area contributed by atoms with Crippen LogP contribution in [0.1, 0.15) is 12.5 Å². The van der Waals surface area contributed by atoms with Crippen molar-refractivity contribution in [3.63, 3.8) is 0 Å². The summed E-state index contributed by atoms with van der Waals surface area (Å²) in [6.45, 7) is 2.47. The standard InChI is InChI=1S/C18H17N3O3S/c1-2-24-14-9-7-13(8-10-14)11-19-20-17(22)12-21-15-5-3-4-6-16(15)25-18(21)23/h3-11H,2,12H2,1H3,(H,20,22)/b19-11+. The van der Waals surface area contributed by atoms with E-state index in [1.165, 1.54) is 4.57 Å². The average Bonchev–Trinajstić information content (AvgIpc) is 2.92. The SMILES string of the molecule is CCOc1ccc(/C=N/NC(=O)Cn2c(=O)sc3ccccc32)cc1. The average molecular weight is 355 g/mol. The Bertz CT molecular complexity index is 958. The van der Waals surface area contributed by atoms with Crippen LogP contribution in [-0.2, 0) is 11.3 Å². The third-order valence-corrected chi connectivity index (χ3v) is 4.43. The summed E-state index contributed by atoms with van der Waals surface area (Å²) in [5.74, 6) is 0.431. The summed E-state index contributed by atoms with van der Waals surface area (Å²) in [6.07, 6.45) is 1.54. The van der Waals surface area contributed by atoms with E-state index in [1.54, 1.807) is 6.21 Å². The number of hydrogen-bond donors (Lipinski definition) is 1. The van der Waals surface area contributed by atoms with Crippen LogP contribution in [0.25, 0.3) is 10.2 Å². The molecule has 0 bridgehead atoms. The largest absolute Gasteiger partial charge is 0.494 e. The molecule has 1 N–H and O–H groups in total. The predicted octanol–water partition coefficient (Wildman–Crippen LogP) is 2.61. The van der Waals surface area contributed by atoms with E-state index in [0.29, 0.717) is 6.61 Å². The number of fused-ring (bicyclic) bond motifs is 1. The topological polar surface area (TPSA) is 72.7 Å². The third-order valence-electron chi connectivity index (χ3n) is 3.47. The van der Waals surface area contributed by atoms with Gasteiger partial charge in [-0.2, -0.15) is 5.10 Å². The van der Waals surface area contributed by atoms with Gasteiger partial charge in [0.2, 0.25) is 0 Å². The number of nitrogens with zero attached hydrogens (tertiary/aromatic N) is 2. The quantitative estimate of drug-likeness (QED) is 0.546. The van der Waals surface area contributed by atoms with Gasteiger partial charge in [0.05, 0.1) is 23.0 Å². The monoisotopic (exact) mass is 355 g/mol. The van der Waals surface area contributed by atoms with Crippen molar-refractivity contribution in [3.05, 3.63) is 63.8 Å². The maximum Gasteiger partial charge on any atom is 0.308 e. The Labute approximate surface area is 148 Å². The molecule has 3 rings (SSSR count). The summed E-state index contributed by atoms with van der Waals surface area (Å²) in [5, 5.41) is 3.93. The van der Waals surface area contributed by atoms with Gasteiger partial charge in [-0.15, -0.1) is 0 Å². The Balaban J connectivity index is 1.62. The molecule has 1 aromatic heterocycles. The van der Waals surface area contributed by atoms with Crippen molar-refractivity contribution in [1.29, 1.82) is 0 Å². The van der Waals surface area contributed by atoms with Gasteiger partial charge in [0.25, 0.3) is 5.91 Å². The van der Waals surface area contributed by atoms with Crippen molar-refractivity contribution >= 4 is 33.7 Å². The van der Waals surface area contributed by atoms with Crippen LogP contribution in [0.5, 0.6) is 5.75 Å². The van der Waals surface area contributed by atoms with E-state index >= 15 is 0 Å². The summed E-state index contributed by atoms with van der Waals surface area (Å²) in [7, 11) is 0. The molecular formula is C18H17N3O3S. The summed E-state index contributed by atoms with van der Waals surface area (Å²) < 4.78 is 7.67. The zero-order valence-corrected chi connectivity index (χ0v) is 14.5. The molecule has 6 nitrogen and oxygen atoms in total. The first-order valence-corrected chi connectivity index (χ1v) is 8.62. The number of carbonyl (C=O) groups is 1. The minimum absolute atomic E-state index is 0.0660. The van der Waals surface area contributed by atoms with E-state index in [2.05, 4.69) is 10.5 Å². The molecule has 0 saturated heterocycles. The lowest BCUT2D eigenvalue weighted by molar-refractivity contribution is -0.121. The molecule has 0 saturated carbocycles. The highest BCUT2D eigenvalue weighted by atomic mass is 32.1. The van der Waals surface area contributed by atoms with Crippen molar-refractivity contribution in [1.82, 2.24) is 9.99 Å². The number of nitrogens with one attached hydrogen (secondary N) is 1. The molecular weight excluding hydrogens is 338 g/mol. The van der Waals surface area contributed by atoms with E-state index in [1.807, 2.05) is 55.5 Å². The number of aromatic nitrogens is 1. The van der Waals surface area contributed by atoms with E-state index in [0.717, 1.165) is 32.9 Å². The third kappa shape index (κ3) is 4.13. The number of hydrogen-bond acceptors (Lipinski definition) is 5. The van der Waals surface area contributed by atoms with Gasteiger partial charge >= 0.3 is 4.87 Å². The minimum Gasteiger partial charge on any atom is -0.494 e. The predicted molar refractivity (Wildman–Crippen MR) is 99.4 cm³/mol. The number of rotatable bonds is 6. The highest BCUT2D eigenvalue weighted by Gasteiger charge is 2.10. The summed E-state index contributed by atoms with van der Waals surface area (Å²) in [4.78, 5) is 23.9. The second-order valence-corrected chi connectivity index (χ2v) is 6.21. The molecule has 0 spiro atoms. The number of benzene rings is 2. The van der Waals surface area contributed by atoms with Crippen molar-refractivity contribution in [2.24, 2.45) is 5.10 Å². The van der Waals surface area contributed by atoms with Gasteiger partial charge in [0.1, 0.15) is 12.3 Å². The lowest BCUT2D eigenvalue weighted by Crippen LogP contribution is -2.27. The van der Waals surface area contributed by atoms with Crippen molar-refractivity contribution < 1.29 is 9.53 Å². The van der Waals surface area contributed by atoms with Crippen LogP contribution in [0.3, 0.4) is 0 Å². The first-order valence-electron chi connectivity index (χ1n) is 7.80. The van der Waals surface area contributed by atoms with Crippen LogP contribution in [0.15, 0.2) is 58.4 Å². The van der Waals surface area contributed by atoms with Gasteiger partial charge in [-0.3, -0.25) is 14.2 Å². The number of amides is 1. The zero-order chi connectivity index (χ0) is 17.6. The maximum atomic E-state index is 12.0. The Kier molecular flexibility index (Phi) is 5.25. The lowest BCUT2D eigenvalue weighted by Gasteiger charge is -2.03. The molecule has 3 aromatic rings. The number of para-hydroxylation sites is 1.